The molecule has 0 saturated heterocycles. The molecule has 1 aromatic rings. The highest BCUT2D eigenvalue weighted by Crippen LogP contribution is 2.31. The topological polar surface area (TPSA) is 28.2 Å². The molecule has 1 saturated carbocycles. The predicted octanol–water partition coefficient (Wildman–Crippen LogP) is 3.06. The molecule has 2 rings (SSSR count). The lowest BCUT2D eigenvalue weighted by atomic mass is 10.2. The monoisotopic (exact) mass is 261 g/mol. The van der Waals surface area contributed by atoms with E-state index in [-0.39, 0.29) is 0 Å². The molecule has 1 N–H and O–H groups in total. The minimum atomic E-state index is 0.685. The molecule has 1 aromatic heterocycles. The van der Waals surface area contributed by atoms with Crippen LogP contribution in [0.15, 0.2) is 18.3 Å². The van der Waals surface area contributed by atoms with Crippen molar-refractivity contribution in [1.29, 1.82) is 0 Å². The molecule has 0 atom stereocenters. The number of nitrogens with zero attached hydrogens (tertiary/aromatic N) is 2. The molecule has 19 heavy (non-hydrogen) atoms. The summed E-state index contributed by atoms with van der Waals surface area (Å²) >= 11 is 0. The average Bonchev–Trinajstić information content (AvgIpc) is 3.20. The Kier molecular flexibility index (Phi) is 5.20. The van der Waals surface area contributed by atoms with E-state index in [1.807, 2.05) is 6.20 Å². The van der Waals surface area contributed by atoms with E-state index < -0.39 is 0 Å². The first-order valence-electron chi connectivity index (χ1n) is 7.59. The molecule has 1 aliphatic carbocycles. The van der Waals surface area contributed by atoms with Crippen LogP contribution in [-0.4, -0.2) is 24.6 Å². The Morgan fingerprint density at radius 1 is 1.42 bits per heavy atom. The van der Waals surface area contributed by atoms with Crippen LogP contribution < -0.4 is 10.2 Å². The van der Waals surface area contributed by atoms with E-state index >= 15 is 0 Å². The molecule has 3 nitrogen and oxygen atoms in total. The summed E-state index contributed by atoms with van der Waals surface area (Å²) in [4.78, 5) is 6.94. The van der Waals surface area contributed by atoms with Crippen LogP contribution in [0.25, 0.3) is 0 Å². The van der Waals surface area contributed by atoms with Crippen LogP contribution in [0, 0.1) is 11.8 Å². The summed E-state index contributed by atoms with van der Waals surface area (Å²) in [7, 11) is 0. The van der Waals surface area contributed by atoms with E-state index in [1.54, 1.807) is 0 Å². The van der Waals surface area contributed by atoms with Crippen molar-refractivity contribution in [1.82, 2.24) is 10.3 Å². The second kappa shape index (κ2) is 6.90. The summed E-state index contributed by atoms with van der Waals surface area (Å²) in [5.41, 5.74) is 2.47. The number of anilines is 1. The maximum absolute atomic E-state index is 4.46. The maximum atomic E-state index is 4.46. The van der Waals surface area contributed by atoms with E-state index in [0.29, 0.717) is 5.92 Å². The van der Waals surface area contributed by atoms with Crippen LogP contribution >= 0.6 is 0 Å². The maximum Gasteiger partial charge on any atom is 0.0562 e. The minimum Gasteiger partial charge on any atom is -0.371 e. The number of nitrogens with one attached hydrogen (secondary N) is 1. The molecule has 0 aromatic carbocycles. The lowest BCUT2D eigenvalue weighted by Crippen LogP contribution is -2.25. The van der Waals surface area contributed by atoms with Gasteiger partial charge in [0.15, 0.2) is 0 Å². The van der Waals surface area contributed by atoms with Gasteiger partial charge in [-0.15, -0.1) is 0 Å². The van der Waals surface area contributed by atoms with Crippen LogP contribution in [0.1, 0.15) is 39.3 Å². The quantitative estimate of drug-likeness (QED) is 0.779. The molecule has 0 spiro atoms. The minimum absolute atomic E-state index is 0.685. The highest BCUT2D eigenvalue weighted by atomic mass is 15.1. The Labute approximate surface area is 117 Å². The molecule has 0 bridgehead atoms. The van der Waals surface area contributed by atoms with Gasteiger partial charge in [-0.1, -0.05) is 13.8 Å². The van der Waals surface area contributed by atoms with Gasteiger partial charge in [-0.05, 0) is 50.3 Å². The fourth-order valence-electron chi connectivity index (χ4n) is 2.28. The smallest absolute Gasteiger partial charge is 0.0562 e. The number of pyridine rings is 1. The summed E-state index contributed by atoms with van der Waals surface area (Å²) < 4.78 is 0. The first-order valence-corrected chi connectivity index (χ1v) is 7.59. The lowest BCUT2D eigenvalue weighted by molar-refractivity contribution is 0.548. The average molecular weight is 261 g/mol. The highest BCUT2D eigenvalue weighted by molar-refractivity contribution is 5.46. The van der Waals surface area contributed by atoms with Crippen LogP contribution in [0.5, 0.6) is 0 Å². The molecule has 0 unspecified atom stereocenters. The highest BCUT2D eigenvalue weighted by Gasteiger charge is 2.23. The third-order valence-corrected chi connectivity index (χ3v) is 3.58. The van der Waals surface area contributed by atoms with Gasteiger partial charge in [-0.3, -0.25) is 4.98 Å². The van der Waals surface area contributed by atoms with Gasteiger partial charge in [0.05, 0.1) is 5.69 Å². The van der Waals surface area contributed by atoms with Gasteiger partial charge in [0.25, 0.3) is 0 Å². The summed E-state index contributed by atoms with van der Waals surface area (Å²) in [6, 6.07) is 4.37. The molecule has 106 valence electrons. The number of rotatable bonds is 8. The van der Waals surface area contributed by atoms with Crippen molar-refractivity contribution >= 4 is 5.69 Å². The zero-order valence-electron chi connectivity index (χ0n) is 12.5. The Hall–Kier alpha value is -1.09. The third kappa shape index (κ3) is 4.83. The molecule has 1 aliphatic rings. The predicted molar refractivity (Wildman–Crippen MR) is 81.4 cm³/mol. The van der Waals surface area contributed by atoms with Gasteiger partial charge in [0, 0.05) is 31.5 Å². The van der Waals surface area contributed by atoms with Crippen molar-refractivity contribution in [3.05, 3.63) is 24.0 Å². The lowest BCUT2D eigenvalue weighted by Gasteiger charge is -2.23. The van der Waals surface area contributed by atoms with Crippen molar-refractivity contribution < 1.29 is 0 Å². The molecular formula is C16H27N3. The van der Waals surface area contributed by atoms with E-state index in [2.05, 4.69) is 48.1 Å². The first-order chi connectivity index (χ1) is 9.19. The Morgan fingerprint density at radius 3 is 2.84 bits per heavy atom. The normalized spacial score (nSPS) is 14.9. The van der Waals surface area contributed by atoms with Crippen molar-refractivity contribution in [2.75, 3.05) is 24.5 Å². The Balaban J connectivity index is 1.92. The number of hydrogen-bond donors (Lipinski definition) is 1. The van der Waals surface area contributed by atoms with Gasteiger partial charge in [0.1, 0.15) is 0 Å². The second-order valence-electron chi connectivity index (χ2n) is 6.01. The van der Waals surface area contributed by atoms with E-state index in [0.717, 1.165) is 31.2 Å². The SMILES string of the molecule is CCN(CC1CC1)c1ccnc(CNCC(C)C)c1. The Bertz CT molecular complexity index is 385. The van der Waals surface area contributed by atoms with Gasteiger partial charge in [-0.2, -0.15) is 0 Å². The van der Waals surface area contributed by atoms with Gasteiger partial charge in [-0.25, -0.2) is 0 Å². The largest absolute Gasteiger partial charge is 0.371 e. The van der Waals surface area contributed by atoms with Crippen LogP contribution in [-0.2, 0) is 6.54 Å². The molecule has 1 heterocycles. The number of aromatic nitrogens is 1. The molecule has 3 heteroatoms. The fourth-order valence-corrected chi connectivity index (χ4v) is 2.28. The third-order valence-electron chi connectivity index (χ3n) is 3.58. The van der Waals surface area contributed by atoms with Crippen molar-refractivity contribution in [3.63, 3.8) is 0 Å². The summed E-state index contributed by atoms with van der Waals surface area (Å²) in [6.07, 6.45) is 4.76. The van der Waals surface area contributed by atoms with E-state index in [4.69, 9.17) is 0 Å². The molecule has 0 amide bonds. The second-order valence-corrected chi connectivity index (χ2v) is 6.01. The zero-order valence-corrected chi connectivity index (χ0v) is 12.5. The van der Waals surface area contributed by atoms with Crippen molar-refractivity contribution in [3.8, 4) is 0 Å². The zero-order chi connectivity index (χ0) is 13.7. The van der Waals surface area contributed by atoms with E-state index in [1.165, 1.54) is 25.1 Å². The van der Waals surface area contributed by atoms with Gasteiger partial charge in [0.2, 0.25) is 0 Å². The van der Waals surface area contributed by atoms with Gasteiger partial charge < -0.3 is 10.2 Å². The molecule has 0 aliphatic heterocycles. The van der Waals surface area contributed by atoms with Gasteiger partial charge >= 0.3 is 0 Å². The van der Waals surface area contributed by atoms with Crippen molar-refractivity contribution in [2.45, 2.75) is 40.2 Å². The summed E-state index contributed by atoms with van der Waals surface area (Å²) in [5, 5.41) is 3.46. The summed E-state index contributed by atoms with van der Waals surface area (Å²) in [6.45, 7) is 10.9. The standard InChI is InChI=1S/C16H27N3/c1-4-19(12-14-5-6-14)16-7-8-18-15(9-16)11-17-10-13(2)3/h7-9,13-14,17H,4-6,10-12H2,1-3H3. The van der Waals surface area contributed by atoms with Crippen LogP contribution in [0.4, 0.5) is 5.69 Å². The Morgan fingerprint density at radius 2 is 2.21 bits per heavy atom. The molecule has 1 fully saturated rings. The molecule has 0 radical (unpaired) electrons. The number of hydrogen-bond acceptors (Lipinski definition) is 3. The van der Waals surface area contributed by atoms with Crippen molar-refractivity contribution in [2.24, 2.45) is 11.8 Å². The first kappa shape index (κ1) is 14.3. The molecular weight excluding hydrogens is 234 g/mol. The van der Waals surface area contributed by atoms with E-state index in [9.17, 15) is 0 Å². The van der Waals surface area contributed by atoms with Crippen LogP contribution in [0.3, 0.4) is 0 Å². The van der Waals surface area contributed by atoms with Crippen LogP contribution in [0.2, 0.25) is 0 Å². The fraction of sp³-hybridized carbons (Fsp3) is 0.688. The summed E-state index contributed by atoms with van der Waals surface area (Å²) in [5.74, 6) is 1.61.